The van der Waals surface area contributed by atoms with Crippen molar-refractivity contribution in [1.82, 2.24) is 19.5 Å². The van der Waals surface area contributed by atoms with Gasteiger partial charge in [0.1, 0.15) is 18.7 Å². The van der Waals surface area contributed by atoms with Gasteiger partial charge in [-0.25, -0.2) is 15.0 Å². The van der Waals surface area contributed by atoms with Gasteiger partial charge in [0.25, 0.3) is 11.3 Å². The summed E-state index contributed by atoms with van der Waals surface area (Å²) >= 11 is 0. The molecule has 1 amide bonds. The van der Waals surface area contributed by atoms with E-state index in [1.807, 2.05) is 12.1 Å². The Morgan fingerprint density at radius 1 is 1.29 bits per heavy atom. The number of pyridine rings is 2. The van der Waals surface area contributed by atoms with Crippen LogP contribution in [0.4, 0.5) is 5.82 Å². The molecule has 4 heterocycles. The van der Waals surface area contributed by atoms with Gasteiger partial charge < -0.3 is 10.4 Å². The number of carbonyl (C=O) groups excluding carboxylic acids is 1. The molecule has 4 aromatic rings. The van der Waals surface area contributed by atoms with Crippen LogP contribution in [0, 0.1) is 11.3 Å². The molecule has 0 atom stereocenters. The Kier molecular flexibility index (Phi) is 4.35. The number of nitrogens with one attached hydrogen (secondary N) is 1. The Bertz CT molecular complexity index is 1210. The molecule has 9 heteroatoms. The lowest BCUT2D eigenvalue weighted by Crippen LogP contribution is -2.30. The highest BCUT2D eigenvalue weighted by Gasteiger charge is 2.31. The minimum Gasteiger partial charge on any atom is -0.474 e. The van der Waals surface area contributed by atoms with Crippen LogP contribution in [-0.4, -0.2) is 30.5 Å². The molecule has 0 saturated carbocycles. The van der Waals surface area contributed by atoms with Crippen LogP contribution in [0.25, 0.3) is 5.65 Å². The van der Waals surface area contributed by atoms with E-state index in [-0.39, 0.29) is 23.9 Å². The van der Waals surface area contributed by atoms with E-state index >= 15 is 0 Å². The smallest absolute Gasteiger partial charge is 0.337 e. The first-order valence-electron chi connectivity index (χ1n) is 8.30. The van der Waals surface area contributed by atoms with Gasteiger partial charge in [0.2, 0.25) is 0 Å². The molecule has 0 aromatic carbocycles. The van der Waals surface area contributed by atoms with E-state index in [9.17, 15) is 9.90 Å². The molecule has 0 fully saturated rings. The van der Waals surface area contributed by atoms with Gasteiger partial charge in [-0.05, 0) is 18.2 Å². The molecule has 9 nitrogen and oxygen atoms in total. The van der Waals surface area contributed by atoms with Crippen molar-refractivity contribution in [2.24, 2.45) is 0 Å². The Morgan fingerprint density at radius 2 is 2.11 bits per heavy atom. The molecule has 0 aliphatic rings. The summed E-state index contributed by atoms with van der Waals surface area (Å²) in [4.78, 5) is 24.9. The predicted molar refractivity (Wildman–Crippen MR) is 97.3 cm³/mol. The summed E-state index contributed by atoms with van der Waals surface area (Å²) in [6.07, 6.45) is 7.82. The van der Waals surface area contributed by atoms with Gasteiger partial charge in [0, 0.05) is 30.2 Å². The van der Waals surface area contributed by atoms with Crippen molar-refractivity contribution in [2.75, 3.05) is 5.32 Å². The maximum atomic E-state index is 12.9. The zero-order valence-corrected chi connectivity index (χ0v) is 14.5. The highest BCUT2D eigenvalue weighted by Crippen LogP contribution is 2.21. The Morgan fingerprint density at radius 3 is 2.89 bits per heavy atom. The van der Waals surface area contributed by atoms with E-state index in [1.54, 1.807) is 39.7 Å². The number of hydrogen-bond acceptors (Lipinski definition) is 6. The minimum atomic E-state index is -0.552. The minimum absolute atomic E-state index is 0.0524. The Labute approximate surface area is 159 Å². The van der Waals surface area contributed by atoms with E-state index in [4.69, 9.17) is 5.26 Å². The average molecular weight is 372 g/mol. The number of nitriles is 1. The first-order valence-corrected chi connectivity index (χ1v) is 8.30. The topological polar surface area (TPSA) is 121 Å². The SMILES string of the molecule is N#Cc1ccnc(NC(=O)c2c(O)n(Cc3cncnc3)c3cccc[n+]23)c1. The van der Waals surface area contributed by atoms with Crippen LogP contribution in [0.15, 0.2) is 61.4 Å². The van der Waals surface area contributed by atoms with Gasteiger partial charge in [0.15, 0.2) is 0 Å². The van der Waals surface area contributed by atoms with Crippen LogP contribution in [-0.2, 0) is 6.54 Å². The van der Waals surface area contributed by atoms with Crippen molar-refractivity contribution in [3.05, 3.63) is 78.3 Å². The molecule has 0 radical (unpaired) electrons. The van der Waals surface area contributed by atoms with Gasteiger partial charge in [0.05, 0.1) is 17.8 Å². The highest BCUT2D eigenvalue weighted by atomic mass is 16.3. The summed E-state index contributed by atoms with van der Waals surface area (Å²) in [5.41, 5.74) is 1.81. The van der Waals surface area contributed by atoms with E-state index in [0.29, 0.717) is 11.2 Å². The monoisotopic (exact) mass is 372 g/mol. The largest absolute Gasteiger partial charge is 0.474 e. The number of aromatic nitrogens is 5. The first kappa shape index (κ1) is 17.1. The quantitative estimate of drug-likeness (QED) is 0.521. The summed E-state index contributed by atoms with van der Waals surface area (Å²) in [5, 5.41) is 22.4. The number of anilines is 1. The second-order valence-corrected chi connectivity index (χ2v) is 5.93. The molecular weight excluding hydrogens is 358 g/mol. The van der Waals surface area contributed by atoms with E-state index in [2.05, 4.69) is 20.3 Å². The maximum absolute atomic E-state index is 12.9. The first-order chi connectivity index (χ1) is 13.7. The number of rotatable bonds is 4. The van der Waals surface area contributed by atoms with Crippen molar-refractivity contribution in [3.63, 3.8) is 0 Å². The second kappa shape index (κ2) is 7.13. The zero-order valence-electron chi connectivity index (χ0n) is 14.5. The normalized spacial score (nSPS) is 10.5. The van der Waals surface area contributed by atoms with Crippen LogP contribution in [0.5, 0.6) is 5.88 Å². The van der Waals surface area contributed by atoms with Crippen molar-refractivity contribution in [2.45, 2.75) is 6.54 Å². The van der Waals surface area contributed by atoms with Crippen LogP contribution in [0.2, 0.25) is 0 Å². The summed E-state index contributed by atoms with van der Waals surface area (Å²) < 4.78 is 3.18. The third-order valence-corrected chi connectivity index (χ3v) is 4.12. The van der Waals surface area contributed by atoms with E-state index < -0.39 is 5.91 Å². The molecule has 0 unspecified atom stereocenters. The molecule has 4 rings (SSSR count). The van der Waals surface area contributed by atoms with Crippen LogP contribution >= 0.6 is 0 Å². The molecule has 4 aromatic heterocycles. The lowest BCUT2D eigenvalue weighted by molar-refractivity contribution is -0.513. The van der Waals surface area contributed by atoms with Crippen molar-refractivity contribution in [3.8, 4) is 11.9 Å². The number of amides is 1. The third kappa shape index (κ3) is 3.10. The molecule has 28 heavy (non-hydrogen) atoms. The van der Waals surface area contributed by atoms with Gasteiger partial charge in [-0.3, -0.25) is 4.79 Å². The molecule has 0 bridgehead atoms. The number of aromatic hydroxyl groups is 1. The molecule has 2 N–H and O–H groups in total. The Balaban J connectivity index is 1.75. The number of carbonyl (C=O) groups is 1. The van der Waals surface area contributed by atoms with E-state index in [1.165, 1.54) is 24.7 Å². The van der Waals surface area contributed by atoms with Crippen LogP contribution in [0.1, 0.15) is 21.6 Å². The summed E-state index contributed by atoms with van der Waals surface area (Å²) in [7, 11) is 0. The maximum Gasteiger partial charge on any atom is 0.337 e. The van der Waals surface area contributed by atoms with Gasteiger partial charge in [-0.1, -0.05) is 6.07 Å². The zero-order chi connectivity index (χ0) is 19.5. The summed E-state index contributed by atoms with van der Waals surface area (Å²) in [6.45, 7) is 0.287. The molecular formula is C19H14N7O2+. The number of nitrogens with zero attached hydrogens (tertiary/aromatic N) is 6. The van der Waals surface area contributed by atoms with Crippen molar-refractivity contribution in [1.29, 1.82) is 5.26 Å². The van der Waals surface area contributed by atoms with Crippen molar-refractivity contribution < 1.29 is 14.3 Å². The second-order valence-electron chi connectivity index (χ2n) is 5.93. The lowest BCUT2D eigenvalue weighted by Gasteiger charge is -2.02. The van der Waals surface area contributed by atoms with Crippen molar-refractivity contribution >= 4 is 17.4 Å². The molecule has 0 saturated heterocycles. The highest BCUT2D eigenvalue weighted by molar-refractivity contribution is 6.03. The summed E-state index contributed by atoms with van der Waals surface area (Å²) in [5.74, 6) is -0.536. The fourth-order valence-corrected chi connectivity index (χ4v) is 2.89. The fraction of sp³-hybridized carbons (Fsp3) is 0.0526. The predicted octanol–water partition coefficient (Wildman–Crippen LogP) is 1.29. The number of fused-ring (bicyclic) bond motifs is 1. The average Bonchev–Trinajstić information content (AvgIpc) is 3.00. The van der Waals surface area contributed by atoms with Crippen LogP contribution in [0.3, 0.4) is 0 Å². The molecule has 0 spiro atoms. The standard InChI is InChI=1S/C19H13N7O2/c20-8-13-4-5-23-15(7-13)24-18(27)17-19(28)26(11-14-9-21-12-22-10-14)16-3-1-2-6-25(16)17/h1-7,9-10,12H,11H2,(H-,23,24,27,28)/p+1. The number of imidazole rings is 1. The third-order valence-electron chi connectivity index (χ3n) is 4.12. The molecule has 0 aliphatic heterocycles. The van der Waals surface area contributed by atoms with Gasteiger partial charge >= 0.3 is 11.8 Å². The Hall–Kier alpha value is -4.32. The molecule has 0 aliphatic carbocycles. The van der Waals surface area contributed by atoms with E-state index in [0.717, 1.165) is 5.56 Å². The van der Waals surface area contributed by atoms with Gasteiger partial charge in [-0.15, -0.1) is 0 Å². The lowest BCUT2D eigenvalue weighted by atomic mass is 10.3. The summed E-state index contributed by atoms with van der Waals surface area (Å²) in [6, 6.07) is 10.3. The van der Waals surface area contributed by atoms with Gasteiger partial charge in [-0.2, -0.15) is 14.2 Å². The van der Waals surface area contributed by atoms with Crippen LogP contribution < -0.4 is 9.72 Å². The number of hydrogen-bond donors (Lipinski definition) is 2. The molecule has 136 valence electrons. The fourth-order valence-electron chi connectivity index (χ4n) is 2.89.